The first kappa shape index (κ1) is 18.3. The standard InChI is InChI=1S/C21H18ClN3O3/c22-17-7-1-5-15(13-17)20-19-9-3-10-23(19)11-4-12-24(20)21(26)16-6-2-8-18(14-16)25(27)28/h1-3,5-10,13-14,20H,4,11-12H2. The summed E-state index contributed by atoms with van der Waals surface area (Å²) in [6.45, 7) is 1.35. The SMILES string of the molecule is O=C(c1cccc([N+](=O)[O-])c1)N1CCCn2cccc2C1c1cccc(Cl)c1. The highest BCUT2D eigenvalue weighted by Gasteiger charge is 2.31. The van der Waals surface area contributed by atoms with E-state index in [-0.39, 0.29) is 17.6 Å². The lowest BCUT2D eigenvalue weighted by atomic mass is 10.0. The van der Waals surface area contributed by atoms with Crippen LogP contribution in [0.1, 0.15) is 34.1 Å². The Balaban J connectivity index is 1.80. The number of aromatic nitrogens is 1. The summed E-state index contributed by atoms with van der Waals surface area (Å²) in [6, 6.07) is 17.0. The van der Waals surface area contributed by atoms with E-state index in [0.29, 0.717) is 17.1 Å². The van der Waals surface area contributed by atoms with Gasteiger partial charge in [-0.05, 0) is 42.3 Å². The van der Waals surface area contributed by atoms with Crippen molar-refractivity contribution in [3.8, 4) is 0 Å². The van der Waals surface area contributed by atoms with E-state index >= 15 is 0 Å². The number of rotatable bonds is 3. The summed E-state index contributed by atoms with van der Waals surface area (Å²) in [4.78, 5) is 25.8. The molecule has 1 unspecified atom stereocenters. The zero-order valence-electron chi connectivity index (χ0n) is 15.0. The average molecular weight is 396 g/mol. The van der Waals surface area contributed by atoms with Crippen LogP contribution < -0.4 is 0 Å². The molecule has 0 aliphatic carbocycles. The average Bonchev–Trinajstić information content (AvgIpc) is 3.07. The molecule has 1 atom stereocenters. The van der Waals surface area contributed by atoms with Gasteiger partial charge in [0.1, 0.15) is 0 Å². The minimum Gasteiger partial charge on any atom is -0.349 e. The molecule has 0 spiro atoms. The van der Waals surface area contributed by atoms with Crippen molar-refractivity contribution < 1.29 is 9.72 Å². The third-order valence-corrected chi connectivity index (χ3v) is 5.22. The Bertz CT molecular complexity index is 1050. The van der Waals surface area contributed by atoms with E-state index in [1.807, 2.05) is 36.5 Å². The molecular weight excluding hydrogens is 378 g/mol. The summed E-state index contributed by atoms with van der Waals surface area (Å²) in [5.74, 6) is -0.233. The molecule has 7 heteroatoms. The molecule has 1 aliphatic rings. The van der Waals surface area contributed by atoms with E-state index < -0.39 is 4.92 Å². The molecule has 4 rings (SSSR count). The van der Waals surface area contributed by atoms with Crippen molar-refractivity contribution in [2.75, 3.05) is 6.54 Å². The van der Waals surface area contributed by atoms with E-state index in [4.69, 9.17) is 11.6 Å². The largest absolute Gasteiger partial charge is 0.349 e. The molecule has 3 aromatic rings. The second-order valence-electron chi connectivity index (χ2n) is 6.74. The van der Waals surface area contributed by atoms with E-state index in [0.717, 1.165) is 24.2 Å². The highest BCUT2D eigenvalue weighted by Crippen LogP contribution is 2.34. The molecule has 142 valence electrons. The van der Waals surface area contributed by atoms with Crippen LogP contribution in [0.5, 0.6) is 0 Å². The fraction of sp³-hybridized carbons (Fsp3) is 0.190. The van der Waals surface area contributed by atoms with Crippen LogP contribution in [0, 0.1) is 10.1 Å². The number of benzene rings is 2. The molecule has 2 aromatic carbocycles. The van der Waals surface area contributed by atoms with Crippen LogP contribution in [0.4, 0.5) is 5.69 Å². The second-order valence-corrected chi connectivity index (χ2v) is 7.18. The van der Waals surface area contributed by atoms with Gasteiger partial charge in [0, 0.05) is 47.7 Å². The first-order valence-electron chi connectivity index (χ1n) is 9.00. The van der Waals surface area contributed by atoms with E-state index in [1.54, 1.807) is 23.1 Å². The summed E-state index contributed by atoms with van der Waals surface area (Å²) in [5, 5.41) is 11.7. The van der Waals surface area contributed by atoms with Crippen molar-refractivity contribution in [3.63, 3.8) is 0 Å². The molecule has 0 saturated carbocycles. The quantitative estimate of drug-likeness (QED) is 0.477. The summed E-state index contributed by atoms with van der Waals surface area (Å²) >= 11 is 6.22. The highest BCUT2D eigenvalue weighted by atomic mass is 35.5. The van der Waals surface area contributed by atoms with Gasteiger partial charge in [-0.15, -0.1) is 0 Å². The van der Waals surface area contributed by atoms with Crippen LogP contribution in [0.25, 0.3) is 0 Å². The molecule has 1 aromatic heterocycles. The molecule has 0 radical (unpaired) electrons. The van der Waals surface area contributed by atoms with Gasteiger partial charge in [-0.2, -0.15) is 0 Å². The maximum atomic E-state index is 13.4. The lowest BCUT2D eigenvalue weighted by molar-refractivity contribution is -0.384. The maximum Gasteiger partial charge on any atom is 0.270 e. The number of nitro benzene ring substituents is 1. The molecule has 2 heterocycles. The maximum absolute atomic E-state index is 13.4. The lowest BCUT2D eigenvalue weighted by Crippen LogP contribution is -2.35. The third kappa shape index (κ3) is 3.39. The number of hydrogen-bond acceptors (Lipinski definition) is 3. The van der Waals surface area contributed by atoms with Crippen LogP contribution in [-0.2, 0) is 6.54 Å². The Morgan fingerprint density at radius 1 is 1.07 bits per heavy atom. The first-order valence-corrected chi connectivity index (χ1v) is 9.38. The van der Waals surface area contributed by atoms with Crippen molar-refractivity contribution in [3.05, 3.63) is 98.8 Å². The Kier molecular flexibility index (Phi) is 4.88. The van der Waals surface area contributed by atoms with Crippen molar-refractivity contribution in [2.45, 2.75) is 19.0 Å². The fourth-order valence-corrected chi connectivity index (χ4v) is 3.94. The van der Waals surface area contributed by atoms with Gasteiger partial charge >= 0.3 is 0 Å². The van der Waals surface area contributed by atoms with Crippen molar-refractivity contribution in [1.29, 1.82) is 0 Å². The Morgan fingerprint density at radius 3 is 2.68 bits per heavy atom. The number of nitrogens with zero attached hydrogens (tertiary/aromatic N) is 3. The predicted octanol–water partition coefficient (Wildman–Crippen LogP) is 4.69. The van der Waals surface area contributed by atoms with Gasteiger partial charge < -0.3 is 9.47 Å². The van der Waals surface area contributed by atoms with Crippen LogP contribution in [0.2, 0.25) is 5.02 Å². The number of hydrogen-bond donors (Lipinski definition) is 0. The number of carbonyl (C=O) groups is 1. The summed E-state index contributed by atoms with van der Waals surface area (Å²) in [7, 11) is 0. The minimum atomic E-state index is -0.487. The van der Waals surface area contributed by atoms with E-state index in [2.05, 4.69) is 4.57 Å². The molecule has 0 fully saturated rings. The number of halogens is 1. The molecule has 1 aliphatic heterocycles. The van der Waals surface area contributed by atoms with Crippen molar-refractivity contribution >= 4 is 23.2 Å². The predicted molar refractivity (Wildman–Crippen MR) is 106 cm³/mol. The van der Waals surface area contributed by atoms with Gasteiger partial charge in [-0.1, -0.05) is 29.8 Å². The van der Waals surface area contributed by atoms with Gasteiger partial charge in [0.25, 0.3) is 11.6 Å². The summed E-state index contributed by atoms with van der Waals surface area (Å²) in [6.07, 6.45) is 2.80. The Hall–Kier alpha value is -3.12. The Labute approximate surface area is 167 Å². The molecule has 6 nitrogen and oxygen atoms in total. The lowest BCUT2D eigenvalue weighted by Gasteiger charge is -2.31. The zero-order chi connectivity index (χ0) is 19.7. The molecular formula is C21H18ClN3O3. The molecule has 0 bridgehead atoms. The summed E-state index contributed by atoms with van der Waals surface area (Å²) < 4.78 is 2.15. The smallest absolute Gasteiger partial charge is 0.270 e. The first-order chi connectivity index (χ1) is 13.5. The van der Waals surface area contributed by atoms with Gasteiger partial charge in [0.2, 0.25) is 0 Å². The number of amides is 1. The Morgan fingerprint density at radius 2 is 1.89 bits per heavy atom. The topological polar surface area (TPSA) is 68.4 Å². The summed E-state index contributed by atoms with van der Waals surface area (Å²) in [5.41, 5.74) is 2.12. The van der Waals surface area contributed by atoms with Crippen LogP contribution >= 0.6 is 11.6 Å². The second kappa shape index (κ2) is 7.48. The molecule has 1 amide bonds. The van der Waals surface area contributed by atoms with Crippen molar-refractivity contribution in [1.82, 2.24) is 9.47 Å². The van der Waals surface area contributed by atoms with E-state index in [1.165, 1.54) is 12.1 Å². The van der Waals surface area contributed by atoms with Gasteiger partial charge in [0.05, 0.1) is 11.0 Å². The normalized spacial score (nSPS) is 16.3. The molecule has 0 N–H and O–H groups in total. The minimum absolute atomic E-state index is 0.0941. The fourth-order valence-electron chi connectivity index (χ4n) is 3.74. The zero-order valence-corrected chi connectivity index (χ0v) is 15.7. The third-order valence-electron chi connectivity index (χ3n) is 4.98. The van der Waals surface area contributed by atoms with Crippen LogP contribution in [0.15, 0.2) is 66.9 Å². The van der Waals surface area contributed by atoms with Gasteiger partial charge in [-0.25, -0.2) is 0 Å². The monoisotopic (exact) mass is 395 g/mol. The number of non-ortho nitro benzene ring substituents is 1. The van der Waals surface area contributed by atoms with Gasteiger partial charge in [0.15, 0.2) is 0 Å². The number of carbonyl (C=O) groups excluding carboxylic acids is 1. The molecule has 28 heavy (non-hydrogen) atoms. The number of aryl methyl sites for hydroxylation is 1. The van der Waals surface area contributed by atoms with Crippen LogP contribution in [0.3, 0.4) is 0 Å². The van der Waals surface area contributed by atoms with Crippen LogP contribution in [-0.4, -0.2) is 26.8 Å². The number of fused-ring (bicyclic) bond motifs is 1. The van der Waals surface area contributed by atoms with Gasteiger partial charge in [-0.3, -0.25) is 14.9 Å². The van der Waals surface area contributed by atoms with Crippen molar-refractivity contribution in [2.24, 2.45) is 0 Å². The van der Waals surface area contributed by atoms with E-state index in [9.17, 15) is 14.9 Å². The molecule has 0 saturated heterocycles. The number of nitro groups is 1. The highest BCUT2D eigenvalue weighted by molar-refractivity contribution is 6.30.